The van der Waals surface area contributed by atoms with E-state index in [0.29, 0.717) is 32.4 Å². The summed E-state index contributed by atoms with van der Waals surface area (Å²) in [6.45, 7) is 5.39. The molecule has 1 unspecified atom stereocenters. The molecule has 0 bridgehead atoms. The van der Waals surface area contributed by atoms with Crippen LogP contribution in [0.2, 0.25) is 0 Å². The maximum atomic E-state index is 13.5. The molecule has 0 saturated carbocycles. The SMILES string of the molecule is CCOC(=O)c1ccc(N2C(=O)C(O)=C(C(=O)c3sc(C)nc3C)C2c2cccc(O)c2)cc1. The standard InChI is InChI=1S/C25H22N2O6S/c1-4-33-25(32)15-8-10-17(11-9-15)27-20(16-6-5-7-18(28)12-16)19(22(30)24(27)31)21(29)23-13(2)26-14(3)34-23/h5-12,20,28,30H,4H2,1-3H3. The molecule has 0 saturated heterocycles. The van der Waals surface area contributed by atoms with Gasteiger partial charge >= 0.3 is 5.97 Å². The Morgan fingerprint density at radius 3 is 2.41 bits per heavy atom. The molecular weight excluding hydrogens is 456 g/mol. The van der Waals surface area contributed by atoms with Gasteiger partial charge in [0, 0.05) is 5.69 Å². The summed E-state index contributed by atoms with van der Waals surface area (Å²) in [4.78, 5) is 44.7. The van der Waals surface area contributed by atoms with Gasteiger partial charge in [-0.15, -0.1) is 11.3 Å². The molecule has 1 aliphatic rings. The Balaban J connectivity index is 1.83. The van der Waals surface area contributed by atoms with Gasteiger partial charge in [-0.05, 0) is 62.7 Å². The second kappa shape index (κ2) is 9.11. The lowest BCUT2D eigenvalue weighted by molar-refractivity contribution is -0.117. The van der Waals surface area contributed by atoms with Crippen molar-refractivity contribution in [2.24, 2.45) is 0 Å². The van der Waals surface area contributed by atoms with Gasteiger partial charge in [0.1, 0.15) is 5.75 Å². The number of ether oxygens (including phenoxy) is 1. The molecule has 4 rings (SSSR count). The van der Waals surface area contributed by atoms with Gasteiger partial charge in [0.15, 0.2) is 5.76 Å². The number of aliphatic hydroxyl groups excluding tert-OH is 1. The lowest BCUT2D eigenvalue weighted by Crippen LogP contribution is -2.31. The molecule has 2 aromatic carbocycles. The third-order valence-electron chi connectivity index (χ3n) is 5.41. The van der Waals surface area contributed by atoms with Crippen LogP contribution in [0, 0.1) is 13.8 Å². The smallest absolute Gasteiger partial charge is 0.338 e. The molecule has 34 heavy (non-hydrogen) atoms. The minimum Gasteiger partial charge on any atom is -0.508 e. The topological polar surface area (TPSA) is 117 Å². The first-order chi connectivity index (χ1) is 16.2. The van der Waals surface area contributed by atoms with Crippen molar-refractivity contribution in [3.05, 3.63) is 86.6 Å². The molecule has 0 fully saturated rings. The Morgan fingerprint density at radius 1 is 1.12 bits per heavy atom. The summed E-state index contributed by atoms with van der Waals surface area (Å²) < 4.78 is 5.00. The average Bonchev–Trinajstić information content (AvgIpc) is 3.29. The minimum atomic E-state index is -0.998. The van der Waals surface area contributed by atoms with E-state index < -0.39 is 29.5 Å². The van der Waals surface area contributed by atoms with Crippen molar-refractivity contribution in [2.75, 3.05) is 11.5 Å². The number of amides is 1. The first-order valence-electron chi connectivity index (χ1n) is 10.5. The number of aliphatic hydroxyl groups is 1. The van der Waals surface area contributed by atoms with Gasteiger partial charge < -0.3 is 14.9 Å². The van der Waals surface area contributed by atoms with Crippen molar-refractivity contribution in [1.29, 1.82) is 0 Å². The summed E-state index contributed by atoms with van der Waals surface area (Å²) >= 11 is 1.18. The minimum absolute atomic E-state index is 0.0504. The summed E-state index contributed by atoms with van der Waals surface area (Å²) in [5.74, 6) is -2.49. The number of hydrogen-bond donors (Lipinski definition) is 2. The Kier molecular flexibility index (Phi) is 6.21. The maximum absolute atomic E-state index is 13.5. The highest BCUT2D eigenvalue weighted by Crippen LogP contribution is 2.43. The molecule has 0 radical (unpaired) electrons. The fraction of sp³-hybridized carbons (Fsp3) is 0.200. The molecule has 174 valence electrons. The number of aromatic nitrogens is 1. The number of nitrogens with zero attached hydrogens (tertiary/aromatic N) is 2. The monoisotopic (exact) mass is 478 g/mol. The zero-order valence-corrected chi connectivity index (χ0v) is 19.5. The van der Waals surface area contributed by atoms with Gasteiger partial charge in [-0.3, -0.25) is 14.5 Å². The molecule has 1 aromatic heterocycles. The van der Waals surface area contributed by atoms with Gasteiger partial charge in [0.2, 0.25) is 5.78 Å². The van der Waals surface area contributed by atoms with E-state index in [1.165, 1.54) is 40.5 Å². The second-order valence-corrected chi connectivity index (χ2v) is 8.88. The first-order valence-corrected chi connectivity index (χ1v) is 11.4. The van der Waals surface area contributed by atoms with Gasteiger partial charge in [0.25, 0.3) is 5.91 Å². The van der Waals surface area contributed by atoms with Crippen molar-refractivity contribution < 1.29 is 29.3 Å². The van der Waals surface area contributed by atoms with Crippen molar-refractivity contribution in [1.82, 2.24) is 4.98 Å². The number of rotatable bonds is 6. The van der Waals surface area contributed by atoms with Crippen LogP contribution in [-0.4, -0.2) is 39.5 Å². The Bertz CT molecular complexity index is 1330. The lowest BCUT2D eigenvalue weighted by atomic mass is 9.94. The molecule has 2 heterocycles. The number of ketones is 1. The van der Waals surface area contributed by atoms with Gasteiger partial charge in [-0.25, -0.2) is 9.78 Å². The number of carbonyl (C=O) groups excluding carboxylic acids is 3. The molecule has 1 aliphatic heterocycles. The highest BCUT2D eigenvalue weighted by molar-refractivity contribution is 7.14. The number of aryl methyl sites for hydroxylation is 2. The van der Waals surface area contributed by atoms with Crippen molar-refractivity contribution >= 4 is 34.7 Å². The molecule has 2 N–H and O–H groups in total. The van der Waals surface area contributed by atoms with Gasteiger partial charge in [-0.2, -0.15) is 0 Å². The van der Waals surface area contributed by atoms with E-state index in [2.05, 4.69) is 4.98 Å². The summed E-state index contributed by atoms with van der Waals surface area (Å²) in [5.41, 5.74) is 1.51. The van der Waals surface area contributed by atoms with Crippen LogP contribution in [0.3, 0.4) is 0 Å². The third kappa shape index (κ3) is 4.06. The molecule has 0 aliphatic carbocycles. The number of Topliss-reactive ketones (excluding diaryl/α,β-unsaturated/α-hetero) is 1. The quantitative estimate of drug-likeness (QED) is 0.398. The molecule has 8 nitrogen and oxygen atoms in total. The van der Waals surface area contributed by atoms with E-state index in [-0.39, 0.29) is 17.9 Å². The number of anilines is 1. The lowest BCUT2D eigenvalue weighted by Gasteiger charge is -2.27. The summed E-state index contributed by atoms with van der Waals surface area (Å²) in [6.07, 6.45) is 0. The molecule has 9 heteroatoms. The zero-order valence-electron chi connectivity index (χ0n) is 18.7. The summed E-state index contributed by atoms with van der Waals surface area (Å²) in [6, 6.07) is 11.3. The van der Waals surface area contributed by atoms with Crippen LogP contribution in [0.4, 0.5) is 5.69 Å². The number of esters is 1. The van der Waals surface area contributed by atoms with E-state index >= 15 is 0 Å². The van der Waals surface area contributed by atoms with Crippen LogP contribution in [-0.2, 0) is 9.53 Å². The van der Waals surface area contributed by atoms with Crippen LogP contribution in [0.15, 0.2) is 59.9 Å². The second-order valence-electron chi connectivity index (χ2n) is 7.68. The predicted molar refractivity (Wildman–Crippen MR) is 126 cm³/mol. The third-order valence-corrected chi connectivity index (χ3v) is 6.48. The summed E-state index contributed by atoms with van der Waals surface area (Å²) in [5, 5.41) is 21.6. The highest BCUT2D eigenvalue weighted by Gasteiger charge is 2.45. The highest BCUT2D eigenvalue weighted by atomic mass is 32.1. The molecule has 1 amide bonds. The van der Waals surface area contributed by atoms with Gasteiger partial charge in [0.05, 0.1) is 39.4 Å². The zero-order chi connectivity index (χ0) is 24.6. The number of carbonyl (C=O) groups is 3. The van der Waals surface area contributed by atoms with Crippen LogP contribution >= 0.6 is 11.3 Å². The van der Waals surface area contributed by atoms with Gasteiger partial charge in [-0.1, -0.05) is 12.1 Å². The number of thiazole rings is 1. The number of hydrogen-bond acceptors (Lipinski definition) is 8. The van der Waals surface area contributed by atoms with E-state index in [9.17, 15) is 24.6 Å². The molecule has 3 aromatic rings. The van der Waals surface area contributed by atoms with Crippen LogP contribution in [0.1, 0.15) is 49.3 Å². The van der Waals surface area contributed by atoms with E-state index in [1.54, 1.807) is 45.0 Å². The van der Waals surface area contributed by atoms with Crippen molar-refractivity contribution in [2.45, 2.75) is 26.8 Å². The van der Waals surface area contributed by atoms with E-state index in [0.717, 1.165) is 0 Å². The largest absolute Gasteiger partial charge is 0.508 e. The van der Waals surface area contributed by atoms with Crippen LogP contribution in [0.25, 0.3) is 0 Å². The molecule has 1 atom stereocenters. The number of aromatic hydroxyl groups is 1. The average molecular weight is 479 g/mol. The number of benzene rings is 2. The van der Waals surface area contributed by atoms with Crippen LogP contribution in [0.5, 0.6) is 5.75 Å². The fourth-order valence-electron chi connectivity index (χ4n) is 3.95. The van der Waals surface area contributed by atoms with E-state index in [1.807, 2.05) is 0 Å². The number of phenolic OH excluding ortho intramolecular Hbond substituents is 1. The predicted octanol–water partition coefficient (Wildman–Crippen LogP) is 4.43. The Morgan fingerprint density at radius 2 is 1.82 bits per heavy atom. The van der Waals surface area contributed by atoms with Crippen molar-refractivity contribution in [3.63, 3.8) is 0 Å². The molecular formula is C25H22N2O6S. The normalized spacial score (nSPS) is 15.7. The number of phenols is 1. The first kappa shape index (κ1) is 23.2. The Hall–Kier alpha value is -3.98. The van der Waals surface area contributed by atoms with Crippen LogP contribution < -0.4 is 4.90 Å². The maximum Gasteiger partial charge on any atom is 0.338 e. The Labute approximate surface area is 199 Å². The summed E-state index contributed by atoms with van der Waals surface area (Å²) in [7, 11) is 0. The van der Waals surface area contributed by atoms with E-state index in [4.69, 9.17) is 4.74 Å². The van der Waals surface area contributed by atoms with Crippen molar-refractivity contribution in [3.8, 4) is 5.75 Å². The molecule has 0 spiro atoms. The fourth-order valence-corrected chi connectivity index (χ4v) is 4.82.